The van der Waals surface area contributed by atoms with Crippen molar-refractivity contribution in [2.45, 2.75) is 6.61 Å². The summed E-state index contributed by atoms with van der Waals surface area (Å²) in [5, 5.41) is 0. The molecule has 2 aromatic heterocycles. The average molecular weight is 362 g/mol. The number of carbonyl (C=O) groups excluding carboxylic acids is 1. The number of hydrogen-bond donors (Lipinski definition) is 0. The minimum atomic E-state index is -0.419. The zero-order valence-electron chi connectivity index (χ0n) is 14.3. The first-order valence-corrected chi connectivity index (χ1v) is 7.61. The van der Waals surface area contributed by atoms with Crippen LogP contribution in [0, 0.1) is 0 Å². The third-order valence-corrected chi connectivity index (χ3v) is 3.69. The van der Waals surface area contributed by atoms with Gasteiger partial charge in [-0.3, -0.25) is 0 Å². The minimum Gasteiger partial charge on any atom is -1.00 e. The summed E-state index contributed by atoms with van der Waals surface area (Å²) in [6.07, 6.45) is 3.61. The van der Waals surface area contributed by atoms with Gasteiger partial charge in [-0.2, -0.15) is 0 Å². The molecular formula is C18H20ClN3O3. The van der Waals surface area contributed by atoms with Crippen LogP contribution >= 0.6 is 0 Å². The predicted molar refractivity (Wildman–Crippen MR) is 89.1 cm³/mol. The molecule has 0 aliphatic carbocycles. The van der Waals surface area contributed by atoms with E-state index in [0.29, 0.717) is 18.1 Å². The summed E-state index contributed by atoms with van der Waals surface area (Å²) in [7, 11) is 5.28. The van der Waals surface area contributed by atoms with Gasteiger partial charge >= 0.3 is 6.09 Å². The summed E-state index contributed by atoms with van der Waals surface area (Å²) in [6, 6.07) is 13.1. The van der Waals surface area contributed by atoms with Gasteiger partial charge in [0.15, 0.2) is 12.3 Å². The molecular weight excluding hydrogens is 342 g/mol. The number of amides is 1. The van der Waals surface area contributed by atoms with Gasteiger partial charge in [-0.05, 0) is 18.2 Å². The molecule has 3 aromatic rings. The third kappa shape index (κ3) is 4.22. The molecule has 3 rings (SSSR count). The molecule has 1 amide bonds. The van der Waals surface area contributed by atoms with Crippen LogP contribution in [0.1, 0.15) is 5.69 Å². The molecule has 0 N–H and O–H groups in total. The lowest BCUT2D eigenvalue weighted by atomic mass is 10.3. The van der Waals surface area contributed by atoms with Crippen LogP contribution in [-0.4, -0.2) is 29.7 Å². The molecule has 7 heteroatoms. The summed E-state index contributed by atoms with van der Waals surface area (Å²) < 4.78 is 15.2. The van der Waals surface area contributed by atoms with E-state index in [1.54, 1.807) is 32.3 Å². The van der Waals surface area contributed by atoms with E-state index in [4.69, 9.17) is 9.47 Å². The number of imidazole rings is 1. The van der Waals surface area contributed by atoms with Crippen LogP contribution < -0.4 is 26.3 Å². The second kappa shape index (κ2) is 7.90. The molecule has 1 aromatic carbocycles. The average Bonchev–Trinajstić information content (AvgIpc) is 2.90. The van der Waals surface area contributed by atoms with E-state index in [0.717, 1.165) is 11.3 Å². The molecule has 0 spiro atoms. The Bertz CT molecular complexity index is 877. The summed E-state index contributed by atoms with van der Waals surface area (Å²) in [4.78, 5) is 13.0. The molecule has 6 nitrogen and oxygen atoms in total. The van der Waals surface area contributed by atoms with Gasteiger partial charge in [0.05, 0.1) is 13.2 Å². The number of nitrogens with zero attached hydrogens (tertiary/aromatic N) is 3. The molecule has 132 valence electrons. The van der Waals surface area contributed by atoms with Crippen LogP contribution in [0.25, 0.3) is 5.65 Å². The van der Waals surface area contributed by atoms with E-state index in [9.17, 15) is 4.79 Å². The highest BCUT2D eigenvalue weighted by atomic mass is 35.5. The Hall–Kier alpha value is -2.73. The van der Waals surface area contributed by atoms with Crippen LogP contribution in [0.2, 0.25) is 0 Å². The molecule has 0 atom stereocenters. The molecule has 2 heterocycles. The van der Waals surface area contributed by atoms with Crippen molar-refractivity contribution in [3.05, 3.63) is 60.6 Å². The highest BCUT2D eigenvalue weighted by Crippen LogP contribution is 2.21. The molecule has 0 saturated heterocycles. The lowest BCUT2D eigenvalue weighted by Gasteiger charge is -2.11. The third-order valence-electron chi connectivity index (χ3n) is 3.69. The van der Waals surface area contributed by atoms with Gasteiger partial charge in [-0.1, -0.05) is 12.1 Å². The van der Waals surface area contributed by atoms with Crippen molar-refractivity contribution >= 4 is 11.7 Å². The fourth-order valence-corrected chi connectivity index (χ4v) is 2.35. The van der Waals surface area contributed by atoms with Gasteiger partial charge in [0.2, 0.25) is 0 Å². The van der Waals surface area contributed by atoms with E-state index >= 15 is 0 Å². The lowest BCUT2D eigenvalue weighted by molar-refractivity contribution is -0.511. The van der Waals surface area contributed by atoms with Crippen molar-refractivity contribution in [2.75, 3.05) is 14.1 Å². The van der Waals surface area contributed by atoms with Gasteiger partial charge in [0, 0.05) is 26.2 Å². The summed E-state index contributed by atoms with van der Waals surface area (Å²) >= 11 is 0. The molecule has 0 saturated carbocycles. The number of fused-ring (bicyclic) bond motifs is 1. The maximum Gasteiger partial charge on any atom is 0.414 e. The van der Waals surface area contributed by atoms with E-state index in [2.05, 4.69) is 4.57 Å². The molecule has 25 heavy (non-hydrogen) atoms. The first-order valence-electron chi connectivity index (χ1n) is 7.61. The fourth-order valence-electron chi connectivity index (χ4n) is 2.35. The van der Waals surface area contributed by atoms with Gasteiger partial charge < -0.3 is 26.8 Å². The largest absolute Gasteiger partial charge is 1.00 e. The van der Waals surface area contributed by atoms with Crippen molar-refractivity contribution in [3.63, 3.8) is 0 Å². The number of carbonyl (C=O) groups is 1. The van der Waals surface area contributed by atoms with Crippen LogP contribution in [0.5, 0.6) is 11.5 Å². The zero-order valence-corrected chi connectivity index (χ0v) is 15.1. The van der Waals surface area contributed by atoms with Gasteiger partial charge in [-0.15, -0.1) is 0 Å². The van der Waals surface area contributed by atoms with Crippen molar-refractivity contribution in [2.24, 2.45) is 7.05 Å². The van der Waals surface area contributed by atoms with Crippen molar-refractivity contribution in [1.82, 2.24) is 9.47 Å². The van der Waals surface area contributed by atoms with E-state index in [1.165, 1.54) is 4.90 Å². The highest BCUT2D eigenvalue weighted by Gasteiger charge is 2.14. The number of benzene rings is 1. The molecule has 0 bridgehead atoms. The quantitative estimate of drug-likeness (QED) is 0.583. The van der Waals surface area contributed by atoms with Crippen molar-refractivity contribution in [1.29, 1.82) is 0 Å². The normalized spacial score (nSPS) is 10.2. The van der Waals surface area contributed by atoms with Gasteiger partial charge in [-0.25, -0.2) is 13.8 Å². The van der Waals surface area contributed by atoms with Crippen LogP contribution in [0.3, 0.4) is 0 Å². The second-order valence-corrected chi connectivity index (χ2v) is 5.67. The van der Waals surface area contributed by atoms with Gasteiger partial charge in [0.1, 0.15) is 17.7 Å². The summed E-state index contributed by atoms with van der Waals surface area (Å²) in [6.45, 7) is 0.420. The van der Waals surface area contributed by atoms with Crippen molar-refractivity contribution in [3.8, 4) is 11.5 Å². The second-order valence-electron chi connectivity index (χ2n) is 5.67. The van der Waals surface area contributed by atoms with E-state index < -0.39 is 6.09 Å². The standard InChI is InChI=1S/C18H20N3O3.ClH/c1-19(2)18(22)24-16-8-6-7-15(11-16)23-13-14-12-21-10-5-4-9-17(21)20(14)3;/h4-12H,13H2,1-3H3;1H/q+1;/p-1. The Balaban J connectivity index is 0.00000225. The summed E-state index contributed by atoms with van der Waals surface area (Å²) in [5.74, 6) is 1.10. The van der Waals surface area contributed by atoms with Crippen LogP contribution in [0.15, 0.2) is 54.9 Å². The predicted octanol–water partition coefficient (Wildman–Crippen LogP) is -0.593. The lowest BCUT2D eigenvalue weighted by Crippen LogP contribution is -3.00. The molecule has 0 aliphatic heterocycles. The Labute approximate surface area is 152 Å². The fraction of sp³-hybridized carbons (Fsp3) is 0.222. The number of hydrogen-bond acceptors (Lipinski definition) is 3. The Kier molecular flexibility index (Phi) is 5.88. The Morgan fingerprint density at radius 2 is 1.92 bits per heavy atom. The highest BCUT2D eigenvalue weighted by molar-refractivity contribution is 5.70. The Morgan fingerprint density at radius 3 is 2.64 bits per heavy atom. The molecule has 0 fully saturated rings. The van der Waals surface area contributed by atoms with Crippen LogP contribution in [-0.2, 0) is 13.7 Å². The maximum absolute atomic E-state index is 11.6. The van der Waals surface area contributed by atoms with E-state index in [-0.39, 0.29) is 12.4 Å². The maximum atomic E-state index is 11.6. The molecule has 0 radical (unpaired) electrons. The monoisotopic (exact) mass is 361 g/mol. The Morgan fingerprint density at radius 1 is 1.16 bits per heavy atom. The number of rotatable bonds is 4. The first-order chi connectivity index (χ1) is 11.5. The number of ether oxygens (including phenoxy) is 2. The smallest absolute Gasteiger partial charge is 0.414 e. The number of aromatic nitrogens is 2. The van der Waals surface area contributed by atoms with Crippen molar-refractivity contribution < 1.29 is 31.1 Å². The van der Waals surface area contributed by atoms with Crippen LogP contribution in [0.4, 0.5) is 4.79 Å². The van der Waals surface area contributed by atoms with E-state index in [1.807, 2.05) is 48.1 Å². The van der Waals surface area contributed by atoms with Gasteiger partial charge in [0.25, 0.3) is 5.65 Å². The molecule has 0 aliphatic rings. The number of aryl methyl sites for hydroxylation is 1. The first kappa shape index (κ1) is 18.6. The molecule has 0 unspecified atom stereocenters. The zero-order chi connectivity index (χ0) is 17.1. The topological polar surface area (TPSA) is 47.8 Å². The minimum absolute atomic E-state index is 0. The number of halogens is 1. The SMILES string of the molecule is CN(C)C(=O)Oc1cccc(OCc2c[n+]3ccccc3n2C)c1.[Cl-]. The summed E-state index contributed by atoms with van der Waals surface area (Å²) in [5.41, 5.74) is 2.13. The number of pyridine rings is 1.